The average molecular weight is 578 g/mol. The molecule has 0 radical (unpaired) electrons. The van der Waals surface area contributed by atoms with Crippen LogP contribution in [0.2, 0.25) is 10.0 Å². The number of benzene rings is 2. The molecule has 0 spiro atoms. The first-order valence-electron chi connectivity index (χ1n) is 11.8. The summed E-state index contributed by atoms with van der Waals surface area (Å²) >= 11 is 15.7. The van der Waals surface area contributed by atoms with Crippen molar-refractivity contribution in [2.45, 2.75) is 30.2 Å². The molecule has 1 aliphatic rings. The van der Waals surface area contributed by atoms with Gasteiger partial charge in [0.1, 0.15) is 6.04 Å². The standard InChI is InChI=1S/C27H26Cl2N2O4S2/c1-36-22-8-6-16(24(28)25(22)29)7-9-23(32)31-12-10-17(11-13-31)26(33)30-20(27(34)35)14-18-15-37-21-5-3-2-4-19(18)21/h2-9,15,17,20H,10-14H2,1H3,(H,30,33)(H,34,35)/b9-7+/t20-/m0/s1. The monoisotopic (exact) mass is 576 g/mol. The number of halogens is 2. The summed E-state index contributed by atoms with van der Waals surface area (Å²) in [6, 6.07) is 10.5. The predicted molar refractivity (Wildman–Crippen MR) is 152 cm³/mol. The average Bonchev–Trinajstić information content (AvgIpc) is 3.31. The number of carboxylic acid groups (broad SMARTS) is 1. The molecule has 0 saturated carbocycles. The lowest BCUT2D eigenvalue weighted by atomic mass is 9.95. The molecule has 2 aromatic carbocycles. The Morgan fingerprint density at radius 1 is 1.16 bits per heavy atom. The zero-order valence-corrected chi connectivity index (χ0v) is 23.2. The zero-order valence-electron chi connectivity index (χ0n) is 20.1. The fourth-order valence-corrected chi connectivity index (χ4v) is 6.51. The first-order chi connectivity index (χ1) is 17.8. The summed E-state index contributed by atoms with van der Waals surface area (Å²) in [5, 5.41) is 16.3. The maximum absolute atomic E-state index is 12.9. The Labute approximate surface area is 233 Å². The molecule has 6 nitrogen and oxygen atoms in total. The highest BCUT2D eigenvalue weighted by molar-refractivity contribution is 7.98. The van der Waals surface area contributed by atoms with E-state index in [9.17, 15) is 19.5 Å². The van der Waals surface area contributed by atoms with E-state index in [4.69, 9.17) is 23.2 Å². The number of likely N-dealkylation sites (tertiary alicyclic amines) is 1. The number of rotatable bonds is 8. The van der Waals surface area contributed by atoms with Crippen molar-refractivity contribution in [2.24, 2.45) is 5.92 Å². The zero-order chi connectivity index (χ0) is 26.5. The van der Waals surface area contributed by atoms with E-state index >= 15 is 0 Å². The third-order valence-electron chi connectivity index (χ3n) is 6.48. The summed E-state index contributed by atoms with van der Waals surface area (Å²) < 4.78 is 1.08. The summed E-state index contributed by atoms with van der Waals surface area (Å²) in [4.78, 5) is 40.0. The molecule has 0 aliphatic carbocycles. The van der Waals surface area contributed by atoms with Gasteiger partial charge in [0, 0.05) is 41.1 Å². The lowest BCUT2D eigenvalue weighted by molar-refractivity contribution is -0.142. The molecule has 0 unspecified atom stereocenters. The highest BCUT2D eigenvalue weighted by Gasteiger charge is 2.30. The molecule has 3 aromatic rings. The molecule has 2 heterocycles. The number of hydrogen-bond acceptors (Lipinski definition) is 5. The van der Waals surface area contributed by atoms with Gasteiger partial charge in [0.25, 0.3) is 0 Å². The third-order valence-corrected chi connectivity index (χ3v) is 9.28. The highest BCUT2D eigenvalue weighted by Crippen LogP contribution is 2.35. The van der Waals surface area contributed by atoms with Crippen LogP contribution in [0.4, 0.5) is 0 Å². The second-order valence-corrected chi connectivity index (χ2v) is 11.3. The molecule has 10 heteroatoms. The van der Waals surface area contributed by atoms with E-state index in [1.165, 1.54) is 17.8 Å². The van der Waals surface area contributed by atoms with E-state index in [1.54, 1.807) is 22.3 Å². The number of thiophene rings is 1. The summed E-state index contributed by atoms with van der Waals surface area (Å²) in [6.07, 6.45) is 6.17. The van der Waals surface area contributed by atoms with Crippen LogP contribution in [0.1, 0.15) is 24.0 Å². The van der Waals surface area contributed by atoms with Crippen molar-refractivity contribution in [3.63, 3.8) is 0 Å². The number of carboxylic acids is 1. The fourth-order valence-electron chi connectivity index (χ4n) is 4.36. The Balaban J connectivity index is 1.32. The number of aliphatic carboxylic acids is 1. The Hall–Kier alpha value is -2.52. The van der Waals surface area contributed by atoms with Crippen LogP contribution in [0.25, 0.3) is 16.2 Å². The minimum Gasteiger partial charge on any atom is -0.480 e. The number of piperidine rings is 1. The third kappa shape index (κ3) is 6.49. The SMILES string of the molecule is CSc1ccc(/C=C/C(=O)N2CCC(C(=O)N[C@@H](Cc3csc4ccccc34)C(=O)O)CC2)c(Cl)c1Cl. The maximum atomic E-state index is 12.9. The molecule has 2 N–H and O–H groups in total. The first kappa shape index (κ1) is 27.5. The smallest absolute Gasteiger partial charge is 0.326 e. The second kappa shape index (κ2) is 12.3. The first-order valence-corrected chi connectivity index (χ1v) is 14.6. The number of nitrogens with zero attached hydrogens (tertiary/aromatic N) is 1. The quantitative estimate of drug-likeness (QED) is 0.254. The Morgan fingerprint density at radius 3 is 2.59 bits per heavy atom. The minimum absolute atomic E-state index is 0.173. The number of carbonyl (C=O) groups is 3. The number of nitrogens with one attached hydrogen (secondary N) is 1. The van der Waals surface area contributed by atoms with Gasteiger partial charge in [0.05, 0.1) is 10.0 Å². The van der Waals surface area contributed by atoms with Gasteiger partial charge < -0.3 is 15.3 Å². The Morgan fingerprint density at radius 2 is 1.89 bits per heavy atom. The lowest BCUT2D eigenvalue weighted by Gasteiger charge is -2.31. The van der Waals surface area contributed by atoms with Gasteiger partial charge in [-0.25, -0.2) is 4.79 Å². The largest absolute Gasteiger partial charge is 0.480 e. The van der Waals surface area contributed by atoms with Gasteiger partial charge in [-0.2, -0.15) is 0 Å². The number of thioether (sulfide) groups is 1. The van der Waals surface area contributed by atoms with E-state index in [2.05, 4.69) is 5.32 Å². The van der Waals surface area contributed by atoms with Crippen molar-refractivity contribution >= 4 is 80.2 Å². The molecular weight excluding hydrogens is 551 g/mol. The van der Waals surface area contributed by atoms with Crippen LogP contribution in [0.3, 0.4) is 0 Å². The van der Waals surface area contributed by atoms with Gasteiger partial charge in [-0.05, 0) is 59.2 Å². The van der Waals surface area contributed by atoms with Crippen molar-refractivity contribution < 1.29 is 19.5 Å². The summed E-state index contributed by atoms with van der Waals surface area (Å²) in [7, 11) is 0. The molecule has 1 atom stereocenters. The van der Waals surface area contributed by atoms with Crippen molar-refractivity contribution in [3.05, 3.63) is 69.0 Å². The van der Waals surface area contributed by atoms with Crippen LogP contribution in [-0.4, -0.2) is 53.2 Å². The van der Waals surface area contributed by atoms with E-state index in [0.717, 1.165) is 20.5 Å². The van der Waals surface area contributed by atoms with Gasteiger partial charge >= 0.3 is 5.97 Å². The summed E-state index contributed by atoms with van der Waals surface area (Å²) in [5.74, 6) is -1.87. The van der Waals surface area contributed by atoms with Crippen molar-refractivity contribution in [1.29, 1.82) is 0 Å². The lowest BCUT2D eigenvalue weighted by Crippen LogP contribution is -2.48. The topological polar surface area (TPSA) is 86.7 Å². The molecule has 37 heavy (non-hydrogen) atoms. The van der Waals surface area contributed by atoms with Crippen LogP contribution in [0.5, 0.6) is 0 Å². The molecule has 0 bridgehead atoms. The van der Waals surface area contributed by atoms with Crippen LogP contribution in [0.15, 0.2) is 52.7 Å². The molecule has 1 aromatic heterocycles. The molecule has 1 fully saturated rings. The summed E-state index contributed by atoms with van der Waals surface area (Å²) in [5.41, 5.74) is 1.56. The Bertz CT molecular complexity index is 1350. The number of carbonyl (C=O) groups excluding carboxylic acids is 2. The second-order valence-electron chi connectivity index (χ2n) is 8.78. The van der Waals surface area contributed by atoms with E-state index < -0.39 is 12.0 Å². The number of amides is 2. The molecule has 4 rings (SSSR count). The minimum atomic E-state index is -1.06. The fraction of sp³-hybridized carbons (Fsp3) is 0.296. The number of fused-ring (bicyclic) bond motifs is 1. The Kier molecular flexibility index (Phi) is 9.18. The van der Waals surface area contributed by atoms with E-state index in [0.29, 0.717) is 41.5 Å². The summed E-state index contributed by atoms with van der Waals surface area (Å²) in [6.45, 7) is 0.822. The predicted octanol–water partition coefficient (Wildman–Crippen LogP) is 5.99. The molecule has 194 valence electrons. The molecular formula is C27H26Cl2N2O4S2. The van der Waals surface area contributed by atoms with Crippen LogP contribution in [0, 0.1) is 5.92 Å². The van der Waals surface area contributed by atoms with Crippen LogP contribution >= 0.6 is 46.3 Å². The van der Waals surface area contributed by atoms with E-state index in [-0.39, 0.29) is 24.2 Å². The van der Waals surface area contributed by atoms with Crippen molar-refractivity contribution in [2.75, 3.05) is 19.3 Å². The van der Waals surface area contributed by atoms with Gasteiger partial charge in [-0.15, -0.1) is 23.1 Å². The number of hydrogen-bond donors (Lipinski definition) is 2. The van der Waals surface area contributed by atoms with Crippen LogP contribution in [-0.2, 0) is 20.8 Å². The van der Waals surface area contributed by atoms with E-state index in [1.807, 2.05) is 48.0 Å². The molecule has 1 aliphatic heterocycles. The normalized spacial score (nSPS) is 15.3. The van der Waals surface area contributed by atoms with Gasteiger partial charge in [-0.1, -0.05) is 47.5 Å². The van der Waals surface area contributed by atoms with Gasteiger partial charge in [0.15, 0.2) is 0 Å². The van der Waals surface area contributed by atoms with Crippen LogP contribution < -0.4 is 5.32 Å². The molecule has 2 amide bonds. The molecule has 1 saturated heterocycles. The van der Waals surface area contributed by atoms with Gasteiger partial charge in [0.2, 0.25) is 11.8 Å². The van der Waals surface area contributed by atoms with Crippen molar-refractivity contribution in [1.82, 2.24) is 10.2 Å². The maximum Gasteiger partial charge on any atom is 0.326 e. The van der Waals surface area contributed by atoms with Crippen molar-refractivity contribution in [3.8, 4) is 0 Å². The highest BCUT2D eigenvalue weighted by atomic mass is 35.5. The van der Waals surface area contributed by atoms with Gasteiger partial charge in [-0.3, -0.25) is 9.59 Å².